The van der Waals surface area contributed by atoms with E-state index < -0.39 is 24.0 Å². The van der Waals surface area contributed by atoms with Gasteiger partial charge < -0.3 is 15.2 Å². The van der Waals surface area contributed by atoms with Gasteiger partial charge in [0, 0.05) is 12.5 Å². The lowest BCUT2D eigenvalue weighted by molar-refractivity contribution is -0.144. The fourth-order valence-electron chi connectivity index (χ4n) is 2.16. The van der Waals surface area contributed by atoms with Crippen molar-refractivity contribution in [2.45, 2.75) is 44.8 Å². The van der Waals surface area contributed by atoms with Gasteiger partial charge in [-0.05, 0) is 5.92 Å². The monoisotopic (exact) mass is 272 g/mol. The van der Waals surface area contributed by atoms with Gasteiger partial charge in [-0.15, -0.1) is 0 Å². The largest absolute Gasteiger partial charge is 0.481 e. The van der Waals surface area contributed by atoms with E-state index in [9.17, 15) is 14.4 Å². The van der Waals surface area contributed by atoms with Crippen LogP contribution < -0.4 is 10.6 Å². The Bertz CT molecular complexity index is 369. The Kier molecular flexibility index (Phi) is 5.29. The molecule has 0 bridgehead atoms. The molecular formula is C12H20N2O5. The zero-order chi connectivity index (χ0) is 14.6. The second-order valence-corrected chi connectivity index (χ2v) is 4.99. The third-order valence-electron chi connectivity index (χ3n) is 3.15. The number of methoxy groups -OCH3 is 1. The number of carbonyl (C=O) groups excluding carboxylic acids is 2. The highest BCUT2D eigenvalue weighted by Gasteiger charge is 2.37. The van der Waals surface area contributed by atoms with E-state index in [0.29, 0.717) is 0 Å². The molecule has 0 aromatic heterocycles. The summed E-state index contributed by atoms with van der Waals surface area (Å²) in [5.74, 6) is -1.63. The molecule has 7 nitrogen and oxygen atoms in total. The van der Waals surface area contributed by atoms with Crippen LogP contribution in [0.1, 0.15) is 26.7 Å². The topological polar surface area (TPSA) is 105 Å². The molecule has 1 fully saturated rings. The number of hydrogen-bond donors (Lipinski definition) is 3. The number of ether oxygens (including phenoxy) is 1. The molecule has 0 radical (unpaired) electrons. The van der Waals surface area contributed by atoms with Crippen molar-refractivity contribution < 1.29 is 24.2 Å². The van der Waals surface area contributed by atoms with Crippen molar-refractivity contribution in [1.82, 2.24) is 10.6 Å². The van der Waals surface area contributed by atoms with E-state index in [0.717, 1.165) is 0 Å². The summed E-state index contributed by atoms with van der Waals surface area (Å²) in [4.78, 5) is 33.8. The molecule has 1 rings (SSSR count). The van der Waals surface area contributed by atoms with Gasteiger partial charge in [-0.2, -0.15) is 0 Å². The minimum Gasteiger partial charge on any atom is -0.481 e. The molecule has 0 aromatic carbocycles. The molecule has 3 N–H and O–H groups in total. The lowest BCUT2D eigenvalue weighted by atomic mass is 10.00. The first-order valence-corrected chi connectivity index (χ1v) is 6.20. The molecule has 0 aromatic rings. The minimum absolute atomic E-state index is 0.0198. The maximum atomic E-state index is 11.6. The average Bonchev–Trinajstić information content (AvgIpc) is 2.64. The van der Waals surface area contributed by atoms with E-state index in [-0.39, 0.29) is 30.7 Å². The number of nitrogens with one attached hydrogen (secondary N) is 2. The maximum absolute atomic E-state index is 11.6. The summed E-state index contributed by atoms with van der Waals surface area (Å²) in [5, 5.41) is 14.4. The smallest absolute Gasteiger partial charge is 0.323 e. The number of carboxylic acids is 1. The van der Waals surface area contributed by atoms with Crippen LogP contribution in [-0.4, -0.2) is 48.2 Å². The van der Waals surface area contributed by atoms with Crippen molar-refractivity contribution in [2.75, 3.05) is 7.11 Å². The van der Waals surface area contributed by atoms with Gasteiger partial charge in [-0.25, -0.2) is 0 Å². The van der Waals surface area contributed by atoms with Crippen LogP contribution >= 0.6 is 0 Å². The van der Waals surface area contributed by atoms with Crippen LogP contribution in [0.5, 0.6) is 0 Å². The van der Waals surface area contributed by atoms with Crippen molar-refractivity contribution in [3.8, 4) is 0 Å². The quantitative estimate of drug-likeness (QED) is 0.563. The molecule has 19 heavy (non-hydrogen) atoms. The number of aliphatic carboxylic acids is 1. The highest BCUT2D eigenvalue weighted by Crippen LogP contribution is 2.15. The van der Waals surface area contributed by atoms with Gasteiger partial charge >= 0.3 is 11.9 Å². The molecule has 7 heteroatoms. The van der Waals surface area contributed by atoms with Gasteiger partial charge in [0.2, 0.25) is 5.91 Å². The zero-order valence-corrected chi connectivity index (χ0v) is 11.3. The summed E-state index contributed by atoms with van der Waals surface area (Å²) >= 11 is 0. The lowest BCUT2D eigenvalue weighted by Crippen LogP contribution is -2.51. The fraction of sp³-hybridized carbons (Fsp3) is 0.750. The first-order chi connectivity index (χ1) is 8.85. The van der Waals surface area contributed by atoms with Gasteiger partial charge in [0.1, 0.15) is 6.04 Å². The Labute approximate surface area is 111 Å². The van der Waals surface area contributed by atoms with E-state index in [1.54, 1.807) is 0 Å². The molecule has 0 spiro atoms. The maximum Gasteiger partial charge on any atom is 0.323 e. The van der Waals surface area contributed by atoms with Crippen LogP contribution in [0.3, 0.4) is 0 Å². The number of esters is 1. The molecule has 0 aliphatic carbocycles. The Balaban J connectivity index is 2.73. The minimum atomic E-state index is -0.988. The van der Waals surface area contributed by atoms with Crippen LogP contribution in [0.15, 0.2) is 0 Å². The fourth-order valence-corrected chi connectivity index (χ4v) is 2.16. The van der Waals surface area contributed by atoms with Crippen LogP contribution in [0.4, 0.5) is 0 Å². The Hall–Kier alpha value is -1.63. The summed E-state index contributed by atoms with van der Waals surface area (Å²) in [6, 6.07) is -1.44. The second kappa shape index (κ2) is 6.51. The highest BCUT2D eigenvalue weighted by molar-refractivity contribution is 5.82. The SMILES string of the molecule is COC(=O)C(N[C@H]1CC(=O)N[C@H]1CC(=O)O)C(C)C. The number of hydrogen-bond acceptors (Lipinski definition) is 5. The molecule has 1 unspecified atom stereocenters. The molecule has 3 atom stereocenters. The molecule has 0 saturated carbocycles. The third kappa shape index (κ3) is 4.20. The predicted octanol–water partition coefficient (Wildman–Crippen LogP) is -0.495. The van der Waals surface area contributed by atoms with Crippen molar-refractivity contribution in [2.24, 2.45) is 5.92 Å². The van der Waals surface area contributed by atoms with E-state index in [1.807, 2.05) is 13.8 Å². The van der Waals surface area contributed by atoms with E-state index in [2.05, 4.69) is 10.6 Å². The molecule has 1 heterocycles. The molecule has 1 amide bonds. The lowest BCUT2D eigenvalue weighted by Gasteiger charge is -2.26. The van der Waals surface area contributed by atoms with Crippen LogP contribution in [0.2, 0.25) is 0 Å². The molecule has 1 aliphatic rings. The number of carboxylic acid groups (broad SMARTS) is 1. The van der Waals surface area contributed by atoms with Crippen molar-refractivity contribution >= 4 is 17.8 Å². The first-order valence-electron chi connectivity index (χ1n) is 6.20. The standard InChI is InChI=1S/C12H20N2O5/c1-6(2)11(12(18)19-3)14-7-4-9(15)13-8(7)5-10(16)17/h6-8,11,14H,4-5H2,1-3H3,(H,13,15)(H,16,17)/t7-,8-,11?/m0/s1. The Morgan fingerprint density at radius 3 is 2.63 bits per heavy atom. The van der Waals surface area contributed by atoms with Crippen LogP contribution in [0.25, 0.3) is 0 Å². The number of rotatable bonds is 6. The summed E-state index contributed by atoms with van der Waals surface area (Å²) in [5.41, 5.74) is 0. The Morgan fingerprint density at radius 2 is 2.16 bits per heavy atom. The van der Waals surface area contributed by atoms with Crippen molar-refractivity contribution in [1.29, 1.82) is 0 Å². The number of carbonyl (C=O) groups is 3. The van der Waals surface area contributed by atoms with Gasteiger partial charge in [-0.1, -0.05) is 13.8 Å². The predicted molar refractivity (Wildman–Crippen MR) is 66.4 cm³/mol. The third-order valence-corrected chi connectivity index (χ3v) is 3.15. The first kappa shape index (κ1) is 15.4. The van der Waals surface area contributed by atoms with Gasteiger partial charge in [0.15, 0.2) is 0 Å². The summed E-state index contributed by atoms with van der Waals surface area (Å²) in [6.45, 7) is 3.70. The molecule has 108 valence electrons. The average molecular weight is 272 g/mol. The van der Waals surface area contributed by atoms with E-state index >= 15 is 0 Å². The normalized spacial score (nSPS) is 24.1. The summed E-state index contributed by atoms with van der Waals surface area (Å²) in [7, 11) is 1.30. The van der Waals surface area contributed by atoms with Crippen molar-refractivity contribution in [3.05, 3.63) is 0 Å². The van der Waals surface area contributed by atoms with Gasteiger partial charge in [-0.3, -0.25) is 19.7 Å². The number of amides is 1. The van der Waals surface area contributed by atoms with E-state index in [4.69, 9.17) is 9.84 Å². The van der Waals surface area contributed by atoms with Crippen LogP contribution in [-0.2, 0) is 19.1 Å². The van der Waals surface area contributed by atoms with Gasteiger partial charge in [0.05, 0.1) is 19.6 Å². The van der Waals surface area contributed by atoms with Crippen LogP contribution in [0, 0.1) is 5.92 Å². The Morgan fingerprint density at radius 1 is 1.53 bits per heavy atom. The van der Waals surface area contributed by atoms with Gasteiger partial charge in [0.25, 0.3) is 0 Å². The molecule has 1 saturated heterocycles. The van der Waals surface area contributed by atoms with Crippen molar-refractivity contribution in [3.63, 3.8) is 0 Å². The second-order valence-electron chi connectivity index (χ2n) is 4.99. The highest BCUT2D eigenvalue weighted by atomic mass is 16.5. The van der Waals surface area contributed by atoms with E-state index in [1.165, 1.54) is 7.11 Å². The summed E-state index contributed by atoms with van der Waals surface area (Å²) < 4.78 is 4.70. The summed E-state index contributed by atoms with van der Waals surface area (Å²) in [6.07, 6.45) is -0.00639. The molecular weight excluding hydrogens is 252 g/mol. The zero-order valence-electron chi connectivity index (χ0n) is 11.3. The molecule has 1 aliphatic heterocycles.